The molecule has 3 aromatic carbocycles. The number of amides is 2. The smallest absolute Gasteiger partial charge is 0.407 e. The summed E-state index contributed by atoms with van der Waals surface area (Å²) in [4.78, 5) is 36.8. The van der Waals surface area contributed by atoms with E-state index in [1.807, 2.05) is 48.5 Å². The Morgan fingerprint density at radius 2 is 1.36 bits per heavy atom. The van der Waals surface area contributed by atoms with Crippen LogP contribution in [0.5, 0.6) is 0 Å². The van der Waals surface area contributed by atoms with Crippen LogP contribution in [0, 0.1) is 0 Å². The summed E-state index contributed by atoms with van der Waals surface area (Å²) in [7, 11) is 0. The lowest BCUT2D eigenvalue weighted by Crippen LogP contribution is -2.41. The summed E-state index contributed by atoms with van der Waals surface area (Å²) in [6.45, 7) is 0.710. The number of benzene rings is 3. The van der Waals surface area contributed by atoms with Gasteiger partial charge in [0.2, 0.25) is 0 Å². The topological polar surface area (TPSA) is 114 Å². The Morgan fingerprint density at radius 1 is 0.773 bits per heavy atom. The van der Waals surface area contributed by atoms with Crippen molar-refractivity contribution < 1.29 is 29.0 Å². The van der Waals surface area contributed by atoms with E-state index < -0.39 is 24.2 Å². The lowest BCUT2D eigenvalue weighted by Gasteiger charge is -2.18. The van der Waals surface area contributed by atoms with E-state index in [1.165, 1.54) is 22.3 Å². The van der Waals surface area contributed by atoms with Gasteiger partial charge in [0.1, 0.15) is 19.3 Å². The van der Waals surface area contributed by atoms with Crippen LogP contribution in [-0.2, 0) is 14.3 Å². The molecule has 0 heterocycles. The number of carbonyl (C=O) groups excluding carboxylic acids is 2. The molecular formula is C36H36N2O6. The van der Waals surface area contributed by atoms with E-state index in [-0.39, 0.29) is 31.5 Å². The van der Waals surface area contributed by atoms with Crippen molar-refractivity contribution in [3.8, 4) is 11.1 Å². The van der Waals surface area contributed by atoms with Crippen LogP contribution >= 0.6 is 0 Å². The quantitative estimate of drug-likeness (QED) is 0.212. The lowest BCUT2D eigenvalue weighted by atomic mass is 9.93. The van der Waals surface area contributed by atoms with Crippen LogP contribution in [0.2, 0.25) is 0 Å². The number of alkyl carbamates (subject to hydrolysis) is 2. The monoisotopic (exact) mass is 592 g/mol. The summed E-state index contributed by atoms with van der Waals surface area (Å²) >= 11 is 0. The molecule has 0 fully saturated rings. The molecule has 0 radical (unpaired) electrons. The van der Waals surface area contributed by atoms with Crippen LogP contribution in [0.4, 0.5) is 9.59 Å². The maximum Gasteiger partial charge on any atom is 0.407 e. The standard InChI is InChI=1S/C36H36N2O6/c39-34(40)33(38-36(42)44-22-32-29-17-7-3-13-25(29)26-14-4-8-18-30(26)32)19-9-10-20-37-35(41)43-21-31-27-15-5-1-11-23(27)24-12-2-6-16-28(24)31/h1,3-8,11,13-18,31-33H,2,9-10,12,19-22H2,(H,37,41)(H,38,42)(H,39,40)/t31?,33-/m1/s1. The van der Waals surface area contributed by atoms with E-state index in [2.05, 4.69) is 47.1 Å². The average Bonchev–Trinajstić information content (AvgIpc) is 3.54. The molecule has 0 aliphatic heterocycles. The maximum absolute atomic E-state index is 12.6. The molecule has 6 rings (SSSR count). The Kier molecular flexibility index (Phi) is 8.77. The van der Waals surface area contributed by atoms with Crippen molar-refractivity contribution in [1.82, 2.24) is 10.6 Å². The van der Waals surface area contributed by atoms with Gasteiger partial charge in [-0.3, -0.25) is 0 Å². The van der Waals surface area contributed by atoms with Gasteiger partial charge in [-0.1, -0.05) is 84.9 Å². The lowest BCUT2D eigenvalue weighted by molar-refractivity contribution is -0.139. The minimum atomic E-state index is -1.13. The molecular weight excluding hydrogens is 556 g/mol. The van der Waals surface area contributed by atoms with Gasteiger partial charge in [0, 0.05) is 18.4 Å². The van der Waals surface area contributed by atoms with Gasteiger partial charge in [0.15, 0.2) is 0 Å². The van der Waals surface area contributed by atoms with Crippen molar-refractivity contribution in [2.75, 3.05) is 19.8 Å². The highest BCUT2D eigenvalue weighted by Gasteiger charge is 2.32. The zero-order valence-electron chi connectivity index (χ0n) is 24.5. The molecule has 2 atom stereocenters. The third-order valence-electron chi connectivity index (χ3n) is 8.75. The highest BCUT2D eigenvalue weighted by atomic mass is 16.6. The summed E-state index contributed by atoms with van der Waals surface area (Å²) in [6, 6.07) is 23.3. The van der Waals surface area contributed by atoms with E-state index >= 15 is 0 Å². The summed E-state index contributed by atoms with van der Waals surface area (Å²) in [6.07, 6.45) is 6.31. The third-order valence-corrected chi connectivity index (χ3v) is 8.75. The van der Waals surface area contributed by atoms with Crippen molar-refractivity contribution in [2.45, 2.75) is 50.0 Å². The van der Waals surface area contributed by atoms with Crippen molar-refractivity contribution in [1.29, 1.82) is 0 Å². The molecule has 226 valence electrons. The van der Waals surface area contributed by atoms with Crippen molar-refractivity contribution in [3.63, 3.8) is 0 Å². The zero-order chi connectivity index (χ0) is 30.5. The Hall–Kier alpha value is -4.85. The fourth-order valence-corrected chi connectivity index (χ4v) is 6.64. The first-order chi connectivity index (χ1) is 21.5. The number of allylic oxidation sites excluding steroid dienone is 3. The van der Waals surface area contributed by atoms with Crippen LogP contribution in [0.25, 0.3) is 16.7 Å². The Bertz CT molecular complexity index is 1580. The number of carboxylic acid groups (broad SMARTS) is 1. The first-order valence-electron chi connectivity index (χ1n) is 15.2. The summed E-state index contributed by atoms with van der Waals surface area (Å²) in [5, 5.41) is 14.9. The second-order valence-corrected chi connectivity index (χ2v) is 11.4. The number of rotatable bonds is 11. The van der Waals surface area contributed by atoms with Gasteiger partial charge in [0.05, 0.1) is 0 Å². The fourth-order valence-electron chi connectivity index (χ4n) is 6.64. The van der Waals surface area contributed by atoms with E-state index in [1.54, 1.807) is 0 Å². The molecule has 0 saturated heterocycles. The van der Waals surface area contributed by atoms with Crippen molar-refractivity contribution >= 4 is 23.7 Å². The molecule has 0 saturated carbocycles. The maximum atomic E-state index is 12.6. The third kappa shape index (κ3) is 6.11. The SMILES string of the molecule is O=C(NCCCC[C@@H](NC(=O)OCC1c2ccccc2-c2ccccc21)C(=O)O)OCC1C2=C(CCC=C2)c2ccccc21. The fraction of sp³-hybridized carbons (Fsp3) is 0.306. The van der Waals surface area contributed by atoms with E-state index in [0.717, 1.165) is 35.1 Å². The Morgan fingerprint density at radius 3 is 2.05 bits per heavy atom. The highest BCUT2D eigenvalue weighted by molar-refractivity contribution is 5.82. The molecule has 3 N–H and O–H groups in total. The predicted octanol–water partition coefficient (Wildman–Crippen LogP) is 6.78. The summed E-state index contributed by atoms with van der Waals surface area (Å²) < 4.78 is 11.1. The first kappa shape index (κ1) is 29.2. The Labute approximate surface area is 256 Å². The Balaban J connectivity index is 0.921. The molecule has 0 spiro atoms. The molecule has 3 aliphatic carbocycles. The average molecular weight is 593 g/mol. The largest absolute Gasteiger partial charge is 0.480 e. The number of carboxylic acids is 1. The highest BCUT2D eigenvalue weighted by Crippen LogP contribution is 2.46. The van der Waals surface area contributed by atoms with Crippen LogP contribution in [0.1, 0.15) is 66.2 Å². The summed E-state index contributed by atoms with van der Waals surface area (Å²) in [5.74, 6) is -1.21. The molecule has 8 nitrogen and oxygen atoms in total. The molecule has 2 amide bonds. The van der Waals surface area contributed by atoms with Gasteiger partial charge in [0.25, 0.3) is 0 Å². The van der Waals surface area contributed by atoms with Crippen LogP contribution in [0.15, 0.2) is 90.5 Å². The number of aliphatic carboxylic acids is 1. The number of fused-ring (bicyclic) bond motifs is 5. The number of carbonyl (C=O) groups is 3. The minimum Gasteiger partial charge on any atom is -0.480 e. The van der Waals surface area contributed by atoms with Gasteiger partial charge in [-0.2, -0.15) is 0 Å². The van der Waals surface area contributed by atoms with Crippen molar-refractivity contribution in [3.05, 3.63) is 113 Å². The predicted molar refractivity (Wildman–Crippen MR) is 167 cm³/mol. The molecule has 3 aromatic rings. The second-order valence-electron chi connectivity index (χ2n) is 11.4. The molecule has 44 heavy (non-hydrogen) atoms. The molecule has 3 aliphatic rings. The molecule has 0 bridgehead atoms. The minimum absolute atomic E-state index is 0.0313. The van der Waals surface area contributed by atoms with Crippen LogP contribution in [-0.4, -0.2) is 49.1 Å². The number of unbranched alkanes of at least 4 members (excludes halogenated alkanes) is 1. The number of hydrogen-bond donors (Lipinski definition) is 3. The van der Waals surface area contributed by atoms with Gasteiger partial charge >= 0.3 is 18.2 Å². The van der Waals surface area contributed by atoms with E-state index in [4.69, 9.17) is 9.47 Å². The first-order valence-corrected chi connectivity index (χ1v) is 15.2. The molecule has 8 heteroatoms. The second kappa shape index (κ2) is 13.2. The number of nitrogens with one attached hydrogen (secondary N) is 2. The van der Waals surface area contributed by atoms with Gasteiger partial charge in [-0.15, -0.1) is 0 Å². The normalized spacial score (nSPS) is 16.8. The zero-order valence-corrected chi connectivity index (χ0v) is 24.5. The molecule has 0 aromatic heterocycles. The van der Waals surface area contributed by atoms with E-state index in [0.29, 0.717) is 19.4 Å². The molecule has 1 unspecified atom stereocenters. The van der Waals surface area contributed by atoms with Crippen LogP contribution in [0.3, 0.4) is 0 Å². The number of hydrogen-bond acceptors (Lipinski definition) is 5. The van der Waals surface area contributed by atoms with Gasteiger partial charge in [-0.05, 0) is 76.6 Å². The van der Waals surface area contributed by atoms with Crippen molar-refractivity contribution in [2.24, 2.45) is 0 Å². The van der Waals surface area contributed by atoms with Gasteiger partial charge < -0.3 is 25.2 Å². The van der Waals surface area contributed by atoms with E-state index in [9.17, 15) is 19.5 Å². The van der Waals surface area contributed by atoms with Crippen LogP contribution < -0.4 is 10.6 Å². The van der Waals surface area contributed by atoms with Gasteiger partial charge in [-0.25, -0.2) is 14.4 Å². The number of ether oxygens (including phenoxy) is 2. The summed E-state index contributed by atoms with van der Waals surface area (Å²) in [5.41, 5.74) is 9.43.